The molecule has 1 aromatic rings. The van der Waals surface area contributed by atoms with Crippen molar-refractivity contribution in [2.75, 3.05) is 24.6 Å². The summed E-state index contributed by atoms with van der Waals surface area (Å²) in [5, 5.41) is 0.659. The van der Waals surface area contributed by atoms with E-state index in [1.807, 2.05) is 13.0 Å². The van der Waals surface area contributed by atoms with Crippen molar-refractivity contribution in [1.29, 1.82) is 0 Å². The van der Waals surface area contributed by atoms with E-state index in [9.17, 15) is 4.79 Å². The summed E-state index contributed by atoms with van der Waals surface area (Å²) >= 11 is 6.11. The number of aromatic nitrogens is 1. The fourth-order valence-corrected chi connectivity index (χ4v) is 2.48. The average molecular weight is 269 g/mol. The van der Waals surface area contributed by atoms with Gasteiger partial charge in [-0.2, -0.15) is 0 Å². The minimum absolute atomic E-state index is 0.0295. The van der Waals surface area contributed by atoms with Crippen molar-refractivity contribution in [3.63, 3.8) is 0 Å². The molecule has 1 saturated heterocycles. The minimum atomic E-state index is -0.0713. The summed E-state index contributed by atoms with van der Waals surface area (Å²) in [6, 6.07) is 1.91. The standard InChI is InChI=1S/C13H17ClN2O2/c1-2-18-13(17)10-4-7-16(8-5-10)12-3-6-15-9-11(12)14/h3,6,9-10H,2,4-5,7-8H2,1H3. The van der Waals surface area contributed by atoms with Crippen LogP contribution in [0, 0.1) is 5.92 Å². The van der Waals surface area contributed by atoms with Gasteiger partial charge in [-0.05, 0) is 25.8 Å². The Balaban J connectivity index is 1.95. The van der Waals surface area contributed by atoms with Crippen LogP contribution in [-0.2, 0) is 9.53 Å². The van der Waals surface area contributed by atoms with Crippen LogP contribution >= 0.6 is 11.6 Å². The maximum atomic E-state index is 11.6. The van der Waals surface area contributed by atoms with Gasteiger partial charge < -0.3 is 9.64 Å². The van der Waals surface area contributed by atoms with E-state index in [1.54, 1.807) is 12.4 Å². The first kappa shape index (κ1) is 13.1. The van der Waals surface area contributed by atoms with Gasteiger partial charge in [-0.15, -0.1) is 0 Å². The fourth-order valence-electron chi connectivity index (χ4n) is 2.24. The van der Waals surface area contributed by atoms with Crippen LogP contribution in [0.15, 0.2) is 18.5 Å². The first-order chi connectivity index (χ1) is 8.72. The molecule has 0 atom stereocenters. The molecule has 98 valence electrons. The number of hydrogen-bond acceptors (Lipinski definition) is 4. The molecule has 0 N–H and O–H groups in total. The van der Waals surface area contributed by atoms with Crippen molar-refractivity contribution in [2.45, 2.75) is 19.8 Å². The van der Waals surface area contributed by atoms with E-state index in [-0.39, 0.29) is 11.9 Å². The molecule has 0 aromatic carbocycles. The Morgan fingerprint density at radius 2 is 2.28 bits per heavy atom. The second-order valence-corrected chi connectivity index (χ2v) is 4.75. The van der Waals surface area contributed by atoms with Crippen LogP contribution in [0.3, 0.4) is 0 Å². The lowest BCUT2D eigenvalue weighted by atomic mass is 9.97. The molecule has 4 nitrogen and oxygen atoms in total. The topological polar surface area (TPSA) is 42.4 Å². The quantitative estimate of drug-likeness (QED) is 0.790. The molecule has 0 radical (unpaired) electrons. The zero-order valence-electron chi connectivity index (χ0n) is 10.4. The first-order valence-corrected chi connectivity index (χ1v) is 6.61. The molecular formula is C13H17ClN2O2. The Morgan fingerprint density at radius 1 is 1.56 bits per heavy atom. The van der Waals surface area contributed by atoms with Crippen LogP contribution in [0.4, 0.5) is 5.69 Å². The van der Waals surface area contributed by atoms with Gasteiger partial charge in [0.15, 0.2) is 0 Å². The molecular weight excluding hydrogens is 252 g/mol. The molecule has 18 heavy (non-hydrogen) atoms. The van der Waals surface area contributed by atoms with Gasteiger partial charge in [0.05, 0.1) is 23.2 Å². The van der Waals surface area contributed by atoms with E-state index in [4.69, 9.17) is 16.3 Å². The lowest BCUT2D eigenvalue weighted by Crippen LogP contribution is -2.37. The molecule has 1 aliphatic heterocycles. The largest absolute Gasteiger partial charge is 0.466 e. The second-order valence-electron chi connectivity index (χ2n) is 4.34. The molecule has 0 unspecified atom stereocenters. The van der Waals surface area contributed by atoms with Crippen molar-refractivity contribution in [1.82, 2.24) is 4.98 Å². The van der Waals surface area contributed by atoms with Gasteiger partial charge in [0.1, 0.15) is 0 Å². The molecule has 2 heterocycles. The number of ether oxygens (including phenoxy) is 1. The monoisotopic (exact) mass is 268 g/mol. The molecule has 0 aliphatic carbocycles. The van der Waals surface area contributed by atoms with E-state index in [0.717, 1.165) is 31.6 Å². The van der Waals surface area contributed by atoms with E-state index in [1.165, 1.54) is 0 Å². The van der Waals surface area contributed by atoms with E-state index >= 15 is 0 Å². The number of carbonyl (C=O) groups is 1. The highest BCUT2D eigenvalue weighted by atomic mass is 35.5. The molecule has 1 fully saturated rings. The van der Waals surface area contributed by atoms with Gasteiger partial charge in [-0.25, -0.2) is 0 Å². The number of carbonyl (C=O) groups excluding carboxylic acids is 1. The zero-order valence-corrected chi connectivity index (χ0v) is 11.2. The third kappa shape index (κ3) is 2.93. The van der Waals surface area contributed by atoms with Crippen molar-refractivity contribution in [2.24, 2.45) is 5.92 Å². The summed E-state index contributed by atoms with van der Waals surface area (Å²) in [6.45, 7) is 3.94. The van der Waals surface area contributed by atoms with Gasteiger partial charge in [-0.1, -0.05) is 11.6 Å². The number of piperidine rings is 1. The highest BCUT2D eigenvalue weighted by Crippen LogP contribution is 2.28. The van der Waals surface area contributed by atoms with E-state index in [0.29, 0.717) is 11.6 Å². The number of anilines is 1. The van der Waals surface area contributed by atoms with Crippen LogP contribution in [-0.4, -0.2) is 30.6 Å². The molecule has 1 aliphatic rings. The number of hydrogen-bond donors (Lipinski definition) is 0. The van der Waals surface area contributed by atoms with Gasteiger partial charge in [0.2, 0.25) is 0 Å². The number of pyridine rings is 1. The van der Waals surface area contributed by atoms with Crippen molar-refractivity contribution >= 4 is 23.3 Å². The molecule has 0 saturated carbocycles. The zero-order chi connectivity index (χ0) is 13.0. The summed E-state index contributed by atoms with van der Waals surface area (Å²) in [5.74, 6) is -0.0419. The smallest absolute Gasteiger partial charge is 0.309 e. The predicted molar refractivity (Wildman–Crippen MR) is 70.8 cm³/mol. The summed E-state index contributed by atoms with van der Waals surface area (Å²) < 4.78 is 5.05. The fraction of sp³-hybridized carbons (Fsp3) is 0.538. The lowest BCUT2D eigenvalue weighted by molar-refractivity contribution is -0.148. The highest BCUT2D eigenvalue weighted by molar-refractivity contribution is 6.33. The van der Waals surface area contributed by atoms with Crippen LogP contribution in [0.1, 0.15) is 19.8 Å². The molecule has 0 spiro atoms. The lowest BCUT2D eigenvalue weighted by Gasteiger charge is -2.32. The second kappa shape index (κ2) is 6.05. The summed E-state index contributed by atoms with van der Waals surface area (Å²) in [5.41, 5.74) is 0.994. The third-order valence-corrected chi connectivity index (χ3v) is 3.50. The van der Waals surface area contributed by atoms with Gasteiger partial charge in [-0.3, -0.25) is 9.78 Å². The Morgan fingerprint density at radius 3 is 2.89 bits per heavy atom. The third-order valence-electron chi connectivity index (χ3n) is 3.21. The van der Waals surface area contributed by atoms with Crippen molar-refractivity contribution < 1.29 is 9.53 Å². The molecule has 0 bridgehead atoms. The summed E-state index contributed by atoms with van der Waals surface area (Å²) in [6.07, 6.45) is 5.02. The number of rotatable bonds is 3. The van der Waals surface area contributed by atoms with Gasteiger partial charge >= 0.3 is 5.97 Å². The molecule has 1 aromatic heterocycles. The number of esters is 1. The predicted octanol–water partition coefficient (Wildman–Crippen LogP) is 2.51. The van der Waals surface area contributed by atoms with Crippen LogP contribution in [0.5, 0.6) is 0 Å². The minimum Gasteiger partial charge on any atom is -0.466 e. The molecule has 2 rings (SSSR count). The van der Waals surface area contributed by atoms with E-state index in [2.05, 4.69) is 9.88 Å². The molecule has 5 heteroatoms. The van der Waals surface area contributed by atoms with Crippen molar-refractivity contribution in [3.05, 3.63) is 23.5 Å². The SMILES string of the molecule is CCOC(=O)C1CCN(c2ccncc2Cl)CC1. The Hall–Kier alpha value is -1.29. The van der Waals surface area contributed by atoms with Crippen molar-refractivity contribution in [3.8, 4) is 0 Å². The Kier molecular flexibility index (Phi) is 4.42. The normalized spacial score (nSPS) is 16.7. The highest BCUT2D eigenvalue weighted by Gasteiger charge is 2.26. The van der Waals surface area contributed by atoms with Gasteiger partial charge in [0.25, 0.3) is 0 Å². The van der Waals surface area contributed by atoms with Crippen LogP contribution in [0.25, 0.3) is 0 Å². The van der Waals surface area contributed by atoms with Gasteiger partial charge in [0, 0.05) is 25.5 Å². The maximum Gasteiger partial charge on any atom is 0.309 e. The van der Waals surface area contributed by atoms with Crippen LogP contribution < -0.4 is 4.90 Å². The van der Waals surface area contributed by atoms with E-state index < -0.39 is 0 Å². The Labute approximate surface area is 112 Å². The first-order valence-electron chi connectivity index (χ1n) is 6.23. The summed E-state index contributed by atoms with van der Waals surface area (Å²) in [7, 11) is 0. The Bertz CT molecular complexity index is 417. The summed E-state index contributed by atoms with van der Waals surface area (Å²) in [4.78, 5) is 17.8. The maximum absolute atomic E-state index is 11.6. The molecule has 0 amide bonds. The average Bonchev–Trinajstić information content (AvgIpc) is 2.40. The number of nitrogens with zero attached hydrogens (tertiary/aromatic N) is 2. The number of halogens is 1. The van der Waals surface area contributed by atoms with Crippen LogP contribution in [0.2, 0.25) is 5.02 Å².